The van der Waals surface area contributed by atoms with E-state index in [1.165, 1.54) is 24.3 Å². The minimum Gasteiger partial charge on any atom is -0.457 e. The Hall–Kier alpha value is -2.54. The molecular weight excluding hydrogens is 452 g/mol. The fourth-order valence-corrected chi connectivity index (χ4v) is 4.98. The molecule has 1 heterocycles. The average molecular weight is 481 g/mol. The van der Waals surface area contributed by atoms with Gasteiger partial charge in [-0.1, -0.05) is 31.5 Å². The summed E-state index contributed by atoms with van der Waals surface area (Å²) < 4.78 is 32.9. The lowest BCUT2D eigenvalue weighted by atomic mass is 9.95. The van der Waals surface area contributed by atoms with Gasteiger partial charge in [0.05, 0.1) is 17.6 Å². The van der Waals surface area contributed by atoms with Gasteiger partial charge < -0.3 is 20.1 Å². The Bertz CT molecular complexity index is 1020. The Morgan fingerprint density at radius 2 is 1.67 bits per heavy atom. The Balaban J connectivity index is 1.82. The molecule has 10 nitrogen and oxygen atoms in total. The Morgan fingerprint density at radius 3 is 2.30 bits per heavy atom. The van der Waals surface area contributed by atoms with Crippen LogP contribution in [-0.4, -0.2) is 71.5 Å². The van der Waals surface area contributed by atoms with Crippen molar-refractivity contribution >= 4 is 15.9 Å². The second kappa shape index (κ2) is 11.1. The van der Waals surface area contributed by atoms with Crippen molar-refractivity contribution in [1.82, 2.24) is 9.79 Å². The van der Waals surface area contributed by atoms with E-state index in [0.29, 0.717) is 22.2 Å². The predicted molar refractivity (Wildman–Crippen MR) is 118 cm³/mol. The van der Waals surface area contributed by atoms with E-state index in [0.717, 1.165) is 6.42 Å². The molecule has 3 rings (SSSR count). The van der Waals surface area contributed by atoms with Crippen LogP contribution in [0, 0.1) is 0 Å². The molecule has 1 aliphatic heterocycles. The minimum atomic E-state index is -4.34. The quantitative estimate of drug-likeness (QED) is 0.304. The molecule has 4 atom stereocenters. The van der Waals surface area contributed by atoms with Crippen LogP contribution in [0.4, 0.5) is 0 Å². The van der Waals surface area contributed by atoms with E-state index in [2.05, 4.69) is 5.48 Å². The zero-order chi connectivity index (χ0) is 24.0. The highest BCUT2D eigenvalue weighted by Gasteiger charge is 2.50. The van der Waals surface area contributed by atoms with Gasteiger partial charge in [-0.3, -0.25) is 9.63 Å². The van der Waals surface area contributed by atoms with Crippen LogP contribution in [0.2, 0.25) is 0 Å². The number of rotatable bonds is 9. The number of β-amino-alcohol motifs (C(OH)–C–C–N with tert-alkyl or cyclic N) is 1. The molecule has 0 spiro atoms. The second-order valence-electron chi connectivity index (χ2n) is 7.62. The zero-order valence-electron chi connectivity index (χ0n) is 18.1. The molecular formula is C22H28N2O8S. The third kappa shape index (κ3) is 5.88. The first-order valence-corrected chi connectivity index (χ1v) is 12.0. The van der Waals surface area contributed by atoms with Gasteiger partial charge in [-0.25, -0.2) is 13.9 Å². The molecule has 1 fully saturated rings. The summed E-state index contributed by atoms with van der Waals surface area (Å²) in [6, 6.07) is 12.7. The maximum absolute atomic E-state index is 13.3. The highest BCUT2D eigenvalue weighted by Crippen LogP contribution is 2.29. The third-order valence-corrected chi connectivity index (χ3v) is 7.06. The van der Waals surface area contributed by atoms with Gasteiger partial charge in [-0.05, 0) is 42.8 Å². The van der Waals surface area contributed by atoms with Crippen molar-refractivity contribution in [2.45, 2.75) is 49.0 Å². The molecule has 0 radical (unpaired) electrons. The number of benzene rings is 2. The van der Waals surface area contributed by atoms with Crippen LogP contribution < -0.4 is 10.2 Å². The number of hydrogen-bond acceptors (Lipinski definition) is 8. The maximum Gasteiger partial charge on any atom is 0.264 e. The number of para-hydroxylation sites is 1. The lowest BCUT2D eigenvalue weighted by Crippen LogP contribution is -2.66. The van der Waals surface area contributed by atoms with Crippen LogP contribution in [0.1, 0.15) is 19.8 Å². The van der Waals surface area contributed by atoms with Crippen LogP contribution in [-0.2, 0) is 19.7 Å². The lowest BCUT2D eigenvalue weighted by Gasteiger charge is -2.41. The number of aliphatic hydroxyl groups excluding tert-OH is 3. The van der Waals surface area contributed by atoms with E-state index in [1.807, 2.05) is 13.0 Å². The monoisotopic (exact) mass is 480 g/mol. The largest absolute Gasteiger partial charge is 0.457 e. The molecule has 1 aliphatic rings. The summed E-state index contributed by atoms with van der Waals surface area (Å²) in [4.78, 5) is 17.5. The summed E-state index contributed by atoms with van der Waals surface area (Å²) in [5, 5.41) is 30.5. The molecule has 4 N–H and O–H groups in total. The number of aliphatic hydroxyl groups is 3. The van der Waals surface area contributed by atoms with Gasteiger partial charge in [0, 0.05) is 6.54 Å². The van der Waals surface area contributed by atoms with Gasteiger partial charge in [0.25, 0.3) is 5.91 Å². The smallest absolute Gasteiger partial charge is 0.264 e. The predicted octanol–water partition coefficient (Wildman–Crippen LogP) is 0.782. The lowest BCUT2D eigenvalue weighted by molar-refractivity contribution is -0.157. The number of ether oxygens (including phenoxy) is 1. The van der Waals surface area contributed by atoms with Gasteiger partial charge in [0.15, 0.2) is 0 Å². The normalized spacial score (nSPS) is 23.8. The van der Waals surface area contributed by atoms with Crippen LogP contribution in [0.25, 0.3) is 0 Å². The summed E-state index contributed by atoms with van der Waals surface area (Å²) >= 11 is 0. The maximum atomic E-state index is 13.3. The number of amides is 1. The number of unbranched alkanes of at least 4 members (excludes halogenated alkanes) is 1. The molecule has 1 saturated heterocycles. The number of hydrogen-bond donors (Lipinski definition) is 4. The first kappa shape index (κ1) is 25.1. The summed E-state index contributed by atoms with van der Waals surface area (Å²) in [7, 11) is -4.34. The molecule has 11 heteroatoms. The topological polar surface area (TPSA) is 146 Å². The number of nitrogens with zero attached hydrogens (tertiary/aromatic N) is 1. The molecule has 0 unspecified atom stereocenters. The van der Waals surface area contributed by atoms with Crippen molar-refractivity contribution in [3.05, 3.63) is 54.6 Å². The van der Waals surface area contributed by atoms with Gasteiger partial charge in [0.2, 0.25) is 10.0 Å². The van der Waals surface area contributed by atoms with Crippen LogP contribution in [0.15, 0.2) is 59.5 Å². The summed E-state index contributed by atoms with van der Waals surface area (Å²) in [6.45, 7) is 1.54. The Morgan fingerprint density at radius 1 is 1.03 bits per heavy atom. The van der Waals surface area contributed by atoms with Crippen molar-refractivity contribution in [1.29, 1.82) is 0 Å². The fourth-order valence-electron chi connectivity index (χ4n) is 3.36. The van der Waals surface area contributed by atoms with E-state index in [4.69, 9.17) is 9.57 Å². The van der Waals surface area contributed by atoms with Gasteiger partial charge >= 0.3 is 0 Å². The first-order chi connectivity index (χ1) is 15.8. The summed E-state index contributed by atoms with van der Waals surface area (Å²) in [6.07, 6.45) is -3.67. The Labute approximate surface area is 192 Å². The van der Waals surface area contributed by atoms with E-state index >= 15 is 0 Å². The number of nitrogens with one attached hydrogen (secondary N) is 1. The zero-order valence-corrected chi connectivity index (χ0v) is 18.9. The number of sulfonamides is 1. The van der Waals surface area contributed by atoms with Gasteiger partial charge in [-0.15, -0.1) is 0 Å². The highest BCUT2D eigenvalue weighted by molar-refractivity contribution is 7.89. The molecule has 1 amide bonds. The molecule has 2 aromatic carbocycles. The number of carbonyl (C=O) groups is 1. The van der Waals surface area contributed by atoms with Crippen molar-refractivity contribution in [3.8, 4) is 11.5 Å². The van der Waals surface area contributed by atoms with E-state index in [-0.39, 0.29) is 11.5 Å². The molecule has 180 valence electrons. The minimum absolute atomic E-state index is 0.177. The van der Waals surface area contributed by atoms with E-state index in [1.54, 1.807) is 24.3 Å². The van der Waals surface area contributed by atoms with Crippen molar-refractivity contribution in [2.75, 3.05) is 13.2 Å². The van der Waals surface area contributed by atoms with Crippen LogP contribution in [0.3, 0.4) is 0 Å². The number of hydroxylamine groups is 1. The summed E-state index contributed by atoms with van der Waals surface area (Å²) in [5.74, 6) is 0.0224. The SMILES string of the molecule is CCCCONC(=O)[C@H]1[C@@H](O)[C@H](O)[C@@H](O)CN1S(=O)(=O)c1ccc(Oc2ccccc2)cc1. The molecule has 0 aliphatic carbocycles. The van der Waals surface area contributed by atoms with Gasteiger partial charge in [0.1, 0.15) is 29.7 Å². The Kier molecular flexibility index (Phi) is 8.40. The summed E-state index contributed by atoms with van der Waals surface area (Å²) in [5.41, 5.74) is 2.13. The van der Waals surface area contributed by atoms with E-state index < -0.39 is 46.8 Å². The van der Waals surface area contributed by atoms with Gasteiger partial charge in [-0.2, -0.15) is 4.31 Å². The van der Waals surface area contributed by atoms with Crippen molar-refractivity contribution in [2.24, 2.45) is 0 Å². The molecule has 0 saturated carbocycles. The average Bonchev–Trinajstić information content (AvgIpc) is 2.81. The fraction of sp³-hybridized carbons (Fsp3) is 0.409. The second-order valence-corrected chi connectivity index (χ2v) is 9.51. The van der Waals surface area contributed by atoms with Crippen molar-refractivity contribution < 1.29 is 38.1 Å². The molecule has 2 aromatic rings. The standard InChI is InChI=1S/C22H28N2O8S/c1-2-3-13-31-23-22(28)19-21(27)20(26)18(25)14-24(19)33(29,30)17-11-9-16(10-12-17)32-15-7-5-4-6-8-15/h4-12,18-21,25-27H,2-3,13-14H2,1H3,(H,23,28)/t18-,19+,20+,21+/m0/s1. The highest BCUT2D eigenvalue weighted by atomic mass is 32.2. The first-order valence-electron chi connectivity index (χ1n) is 10.6. The molecule has 0 bridgehead atoms. The van der Waals surface area contributed by atoms with Crippen molar-refractivity contribution in [3.63, 3.8) is 0 Å². The van der Waals surface area contributed by atoms with E-state index in [9.17, 15) is 28.5 Å². The van der Waals surface area contributed by atoms with Crippen LogP contribution in [0.5, 0.6) is 11.5 Å². The van der Waals surface area contributed by atoms with Crippen LogP contribution >= 0.6 is 0 Å². The molecule has 33 heavy (non-hydrogen) atoms. The molecule has 0 aromatic heterocycles. The number of carbonyl (C=O) groups excluding carboxylic acids is 1. The third-order valence-electron chi connectivity index (χ3n) is 5.20. The number of piperidine rings is 1.